The van der Waals surface area contributed by atoms with Gasteiger partial charge in [-0.15, -0.1) is 0 Å². The average molecular weight is 393 g/mol. The molecule has 2 aromatic carbocycles. The number of aliphatic imine (C=N–C) groups is 2. The lowest BCUT2D eigenvalue weighted by Gasteiger charge is -2.01. The molecular weight excluding hydrogens is 374 g/mol. The predicted octanol–water partition coefficient (Wildman–Crippen LogP) is 6.06. The maximum absolute atomic E-state index is 5.27. The normalized spacial score (nSPS) is 12.4. The Labute approximate surface area is 172 Å². The molecule has 0 fully saturated rings. The molecule has 0 bridgehead atoms. The molecule has 0 amide bonds. The average Bonchev–Trinajstić information content (AvgIpc) is 3.52. The van der Waals surface area contributed by atoms with E-state index < -0.39 is 0 Å². The molecule has 0 aliphatic rings. The number of H-pyrrole nitrogens is 2. The van der Waals surface area contributed by atoms with Gasteiger partial charge in [-0.05, 0) is 49.5 Å². The van der Waals surface area contributed by atoms with Crippen molar-refractivity contribution < 1.29 is 4.42 Å². The van der Waals surface area contributed by atoms with Gasteiger partial charge < -0.3 is 9.40 Å². The third-order valence-electron chi connectivity index (χ3n) is 5.13. The Morgan fingerprint density at radius 3 is 2.83 bits per heavy atom. The lowest BCUT2D eigenvalue weighted by atomic mass is 10.0. The Hall–Kier alpha value is -4.19. The monoisotopic (exact) mass is 393 g/mol. The third kappa shape index (κ3) is 2.95. The van der Waals surface area contributed by atoms with Gasteiger partial charge in [0.1, 0.15) is 5.69 Å². The number of rotatable bonds is 5. The van der Waals surface area contributed by atoms with Crippen molar-refractivity contribution in [3.63, 3.8) is 0 Å². The van der Waals surface area contributed by atoms with E-state index in [1.165, 1.54) is 0 Å². The number of nitrogens with one attached hydrogen (secondary N) is 2. The van der Waals surface area contributed by atoms with Gasteiger partial charge >= 0.3 is 0 Å². The van der Waals surface area contributed by atoms with Gasteiger partial charge in [-0.1, -0.05) is 18.2 Å². The highest BCUT2D eigenvalue weighted by molar-refractivity contribution is 6.01. The van der Waals surface area contributed by atoms with Crippen LogP contribution >= 0.6 is 0 Å². The number of benzene rings is 2. The fraction of sp³-hybridized carbons (Fsp3) is 0.0417. The SMILES string of the molecule is C=N/C(=C\N=CC)c1ccc2[nH]nc(-c3cc4c(-c5ccoc5)cccc4[nH]3)c2c1. The molecule has 6 nitrogen and oxygen atoms in total. The first-order valence-corrected chi connectivity index (χ1v) is 9.56. The molecule has 0 aliphatic carbocycles. The highest BCUT2D eigenvalue weighted by Gasteiger charge is 2.14. The minimum atomic E-state index is 0.709. The third-order valence-corrected chi connectivity index (χ3v) is 5.13. The molecule has 2 N–H and O–H groups in total. The van der Waals surface area contributed by atoms with Crippen LogP contribution in [0.25, 0.3) is 50.0 Å². The highest BCUT2D eigenvalue weighted by atomic mass is 16.3. The van der Waals surface area contributed by atoms with Gasteiger partial charge in [-0.3, -0.25) is 15.1 Å². The molecule has 5 aromatic rings. The van der Waals surface area contributed by atoms with Crippen LogP contribution in [-0.2, 0) is 0 Å². The largest absolute Gasteiger partial charge is 0.472 e. The molecule has 0 aliphatic heterocycles. The van der Waals surface area contributed by atoms with E-state index in [4.69, 9.17) is 4.42 Å². The van der Waals surface area contributed by atoms with Crippen molar-refractivity contribution in [2.45, 2.75) is 6.92 Å². The van der Waals surface area contributed by atoms with Gasteiger partial charge in [-0.2, -0.15) is 5.10 Å². The topological polar surface area (TPSA) is 82.3 Å². The van der Waals surface area contributed by atoms with E-state index in [1.54, 1.807) is 24.9 Å². The Balaban J connectivity index is 1.66. The second-order valence-corrected chi connectivity index (χ2v) is 6.87. The number of fused-ring (bicyclic) bond motifs is 2. The van der Waals surface area contributed by atoms with Crippen molar-refractivity contribution in [2.75, 3.05) is 0 Å². The number of aromatic nitrogens is 3. The van der Waals surface area contributed by atoms with Gasteiger partial charge in [0.05, 0.1) is 35.6 Å². The molecule has 0 unspecified atom stereocenters. The van der Waals surface area contributed by atoms with Gasteiger partial charge in [0.15, 0.2) is 0 Å². The van der Waals surface area contributed by atoms with Crippen LogP contribution in [0, 0.1) is 0 Å². The molecule has 146 valence electrons. The zero-order valence-electron chi connectivity index (χ0n) is 16.4. The summed E-state index contributed by atoms with van der Waals surface area (Å²) in [5, 5.41) is 9.81. The first kappa shape index (κ1) is 17.9. The zero-order chi connectivity index (χ0) is 20.5. The van der Waals surface area contributed by atoms with E-state index in [9.17, 15) is 0 Å². The van der Waals surface area contributed by atoms with Crippen molar-refractivity contribution >= 4 is 40.4 Å². The maximum Gasteiger partial charge on any atom is 0.116 e. The molecule has 0 radical (unpaired) electrons. The smallest absolute Gasteiger partial charge is 0.116 e. The van der Waals surface area contributed by atoms with E-state index in [0.29, 0.717) is 5.70 Å². The summed E-state index contributed by atoms with van der Waals surface area (Å²) >= 11 is 0. The summed E-state index contributed by atoms with van der Waals surface area (Å²) < 4.78 is 5.27. The van der Waals surface area contributed by atoms with Crippen LogP contribution < -0.4 is 0 Å². The second-order valence-electron chi connectivity index (χ2n) is 6.87. The Bertz CT molecular complexity index is 1420. The molecule has 0 saturated carbocycles. The van der Waals surface area contributed by atoms with Crippen molar-refractivity contribution in [3.8, 4) is 22.5 Å². The summed E-state index contributed by atoms with van der Waals surface area (Å²) in [6.07, 6.45) is 6.86. The number of hydrogen-bond acceptors (Lipinski definition) is 4. The van der Waals surface area contributed by atoms with E-state index >= 15 is 0 Å². The molecule has 5 rings (SSSR count). The van der Waals surface area contributed by atoms with E-state index in [-0.39, 0.29) is 0 Å². The Morgan fingerprint density at radius 2 is 2.03 bits per heavy atom. The summed E-state index contributed by atoms with van der Waals surface area (Å²) in [6, 6.07) is 16.3. The van der Waals surface area contributed by atoms with Crippen LogP contribution in [0.4, 0.5) is 0 Å². The van der Waals surface area contributed by atoms with Gasteiger partial charge in [0, 0.05) is 33.6 Å². The van der Waals surface area contributed by atoms with Gasteiger partial charge in [0.2, 0.25) is 0 Å². The van der Waals surface area contributed by atoms with E-state index in [1.807, 2.05) is 31.2 Å². The fourth-order valence-corrected chi connectivity index (χ4v) is 3.68. The summed E-state index contributed by atoms with van der Waals surface area (Å²) in [6.45, 7) is 5.54. The number of aromatic amines is 2. The predicted molar refractivity (Wildman–Crippen MR) is 123 cm³/mol. The quantitative estimate of drug-likeness (QED) is 0.356. The molecule has 30 heavy (non-hydrogen) atoms. The van der Waals surface area contributed by atoms with Crippen LogP contribution in [0.2, 0.25) is 0 Å². The Kier molecular flexibility index (Phi) is 4.37. The fourth-order valence-electron chi connectivity index (χ4n) is 3.68. The van der Waals surface area contributed by atoms with E-state index in [2.05, 4.69) is 56.1 Å². The van der Waals surface area contributed by atoms with Crippen LogP contribution in [0.15, 0.2) is 81.7 Å². The molecule has 3 heterocycles. The summed E-state index contributed by atoms with van der Waals surface area (Å²) in [5.74, 6) is 0. The maximum atomic E-state index is 5.27. The minimum Gasteiger partial charge on any atom is -0.472 e. The molecule has 0 spiro atoms. The highest BCUT2D eigenvalue weighted by Crippen LogP contribution is 2.34. The van der Waals surface area contributed by atoms with Crippen molar-refractivity contribution in [1.29, 1.82) is 0 Å². The minimum absolute atomic E-state index is 0.709. The standard InChI is InChI=1S/C24H19N5O/c1-3-26-13-23(25-2)15-7-8-21-19(11-15)24(29-28-21)22-12-18-17(16-9-10-30-14-16)5-4-6-20(18)27-22/h3-14,27H,2H2,1H3,(H,28,29)/b23-13-,26-3?. The number of hydrogen-bond donors (Lipinski definition) is 2. The molecule has 0 saturated heterocycles. The molecule has 3 aromatic heterocycles. The van der Waals surface area contributed by atoms with Crippen LogP contribution in [0.5, 0.6) is 0 Å². The van der Waals surface area contributed by atoms with Crippen LogP contribution in [0.1, 0.15) is 12.5 Å². The zero-order valence-corrected chi connectivity index (χ0v) is 16.4. The molecule has 0 atom stereocenters. The lowest BCUT2D eigenvalue weighted by molar-refractivity contribution is 0.568. The summed E-state index contributed by atoms with van der Waals surface area (Å²) in [7, 11) is 0. The first-order chi connectivity index (χ1) is 14.8. The molecular formula is C24H19N5O. The van der Waals surface area contributed by atoms with Crippen molar-refractivity contribution in [3.05, 3.63) is 72.8 Å². The summed E-state index contributed by atoms with van der Waals surface area (Å²) in [4.78, 5) is 11.8. The van der Waals surface area contributed by atoms with Crippen LogP contribution in [-0.4, -0.2) is 28.1 Å². The molecule has 6 heteroatoms. The number of nitrogens with zero attached hydrogens (tertiary/aromatic N) is 3. The second kappa shape index (κ2) is 7.33. The van der Waals surface area contributed by atoms with Crippen molar-refractivity contribution in [2.24, 2.45) is 9.98 Å². The van der Waals surface area contributed by atoms with E-state index in [0.717, 1.165) is 49.9 Å². The Morgan fingerprint density at radius 1 is 1.10 bits per heavy atom. The van der Waals surface area contributed by atoms with Gasteiger partial charge in [-0.25, -0.2) is 0 Å². The lowest BCUT2D eigenvalue weighted by Crippen LogP contribution is -1.82. The first-order valence-electron chi connectivity index (χ1n) is 9.56. The number of furan rings is 1. The summed E-state index contributed by atoms with van der Waals surface area (Å²) in [5.41, 5.74) is 7.58. The van der Waals surface area contributed by atoms with Gasteiger partial charge in [0.25, 0.3) is 0 Å². The van der Waals surface area contributed by atoms with Crippen molar-refractivity contribution in [1.82, 2.24) is 15.2 Å². The van der Waals surface area contributed by atoms with Crippen LogP contribution in [0.3, 0.4) is 0 Å².